The number of hydrogen-bond donors (Lipinski definition) is 1. The van der Waals surface area contributed by atoms with Gasteiger partial charge in [-0.1, -0.05) is 50.0 Å². The number of nitrogens with zero attached hydrogens (tertiary/aromatic N) is 3. The van der Waals surface area contributed by atoms with E-state index < -0.39 is 0 Å². The lowest BCUT2D eigenvalue weighted by Gasteiger charge is -2.34. The van der Waals surface area contributed by atoms with Gasteiger partial charge in [0.05, 0.1) is 17.1 Å². The van der Waals surface area contributed by atoms with Gasteiger partial charge in [-0.2, -0.15) is 5.26 Å². The van der Waals surface area contributed by atoms with Crippen LogP contribution in [0.5, 0.6) is 0 Å². The van der Waals surface area contributed by atoms with Crippen LogP contribution >= 0.6 is 45.9 Å². The van der Waals surface area contributed by atoms with Gasteiger partial charge in [0.1, 0.15) is 15.9 Å². The molecular weight excluding hydrogens is 559 g/mol. The molecule has 38 heavy (non-hydrogen) atoms. The maximum Gasteiger partial charge on any atom is 0.265 e. The Hall–Kier alpha value is -2.15. The summed E-state index contributed by atoms with van der Waals surface area (Å²) in [6, 6.07) is 7.78. The Labute approximate surface area is 241 Å². The van der Waals surface area contributed by atoms with Crippen LogP contribution in [0.2, 0.25) is 10.0 Å². The van der Waals surface area contributed by atoms with E-state index in [1.54, 1.807) is 22.3 Å². The van der Waals surface area contributed by atoms with Gasteiger partial charge < -0.3 is 10.2 Å². The molecule has 1 unspecified atom stereocenters. The third-order valence-electron chi connectivity index (χ3n) is 7.67. The highest BCUT2D eigenvalue weighted by atomic mass is 35.5. The Kier molecular flexibility index (Phi) is 7.78. The highest BCUT2D eigenvalue weighted by Crippen LogP contribution is 2.44. The van der Waals surface area contributed by atoms with E-state index in [-0.39, 0.29) is 23.8 Å². The fourth-order valence-corrected chi connectivity index (χ4v) is 8.38. The van der Waals surface area contributed by atoms with Crippen LogP contribution in [0.4, 0.5) is 5.00 Å². The molecule has 1 saturated heterocycles. The molecule has 1 aliphatic heterocycles. The molecule has 2 aromatic heterocycles. The Bertz CT molecular complexity index is 1440. The van der Waals surface area contributed by atoms with Crippen molar-refractivity contribution in [2.24, 2.45) is 11.3 Å². The third kappa shape index (κ3) is 5.45. The van der Waals surface area contributed by atoms with Crippen LogP contribution in [0.15, 0.2) is 18.2 Å². The summed E-state index contributed by atoms with van der Waals surface area (Å²) in [7, 11) is 0. The summed E-state index contributed by atoms with van der Waals surface area (Å²) in [5, 5.41) is 15.4. The summed E-state index contributed by atoms with van der Waals surface area (Å²) >= 11 is 15.5. The maximum absolute atomic E-state index is 13.2. The van der Waals surface area contributed by atoms with Gasteiger partial charge in [-0.15, -0.1) is 22.7 Å². The van der Waals surface area contributed by atoms with Crippen molar-refractivity contribution in [1.82, 2.24) is 9.80 Å². The molecule has 0 spiro atoms. The van der Waals surface area contributed by atoms with Gasteiger partial charge >= 0.3 is 0 Å². The van der Waals surface area contributed by atoms with E-state index in [4.69, 9.17) is 23.2 Å². The number of halogens is 2. The minimum Gasteiger partial charge on any atom is -0.335 e. The summed E-state index contributed by atoms with van der Waals surface area (Å²) in [5.74, 6) is 0.354. The summed E-state index contributed by atoms with van der Waals surface area (Å²) in [4.78, 5) is 31.7. The van der Waals surface area contributed by atoms with E-state index in [0.29, 0.717) is 57.6 Å². The zero-order valence-corrected chi connectivity index (χ0v) is 24.8. The van der Waals surface area contributed by atoms with Crippen molar-refractivity contribution < 1.29 is 9.59 Å². The van der Waals surface area contributed by atoms with E-state index in [0.717, 1.165) is 34.9 Å². The van der Waals surface area contributed by atoms with Crippen molar-refractivity contribution in [2.45, 2.75) is 40.0 Å². The molecule has 2 amide bonds. The number of carbonyl (C=O) groups is 2. The van der Waals surface area contributed by atoms with Gasteiger partial charge in [0.25, 0.3) is 5.91 Å². The predicted octanol–water partition coefficient (Wildman–Crippen LogP) is 6.69. The highest BCUT2D eigenvalue weighted by Gasteiger charge is 2.33. The topological polar surface area (TPSA) is 76.4 Å². The zero-order valence-electron chi connectivity index (χ0n) is 21.7. The fourth-order valence-electron chi connectivity index (χ4n) is 5.33. The molecule has 200 valence electrons. The van der Waals surface area contributed by atoms with Gasteiger partial charge in [0, 0.05) is 46.2 Å². The minimum atomic E-state index is -0.128. The molecule has 1 atom stereocenters. The van der Waals surface area contributed by atoms with E-state index >= 15 is 0 Å². The molecule has 0 radical (unpaired) electrons. The second-order valence-corrected chi connectivity index (χ2v) is 14.1. The molecule has 3 aromatic rings. The molecule has 10 heteroatoms. The zero-order chi connectivity index (χ0) is 27.2. The van der Waals surface area contributed by atoms with Crippen LogP contribution in [0.1, 0.15) is 52.9 Å². The number of benzene rings is 1. The molecule has 1 aromatic carbocycles. The predicted molar refractivity (Wildman–Crippen MR) is 157 cm³/mol. The number of thiophene rings is 2. The van der Waals surface area contributed by atoms with Crippen molar-refractivity contribution in [3.05, 3.63) is 49.1 Å². The van der Waals surface area contributed by atoms with Crippen molar-refractivity contribution in [3.63, 3.8) is 0 Å². The Balaban J connectivity index is 1.18. The number of rotatable bonds is 4. The van der Waals surface area contributed by atoms with Crippen molar-refractivity contribution >= 4 is 72.8 Å². The fraction of sp³-hybridized carbons (Fsp3) is 0.464. The van der Waals surface area contributed by atoms with E-state index in [2.05, 4.69) is 32.2 Å². The molecule has 1 fully saturated rings. The van der Waals surface area contributed by atoms with Gasteiger partial charge in [-0.05, 0) is 48.3 Å². The number of fused-ring (bicyclic) bond motifs is 2. The van der Waals surface area contributed by atoms with E-state index in [9.17, 15) is 14.9 Å². The number of piperazine rings is 1. The summed E-state index contributed by atoms with van der Waals surface area (Å²) in [6.45, 7) is 9.24. The largest absolute Gasteiger partial charge is 0.335 e. The standard InChI is InChI=1S/C28H30Cl2N4O2S2/c1-28(2,3)16-4-6-18-20(14-31)26(38-21(18)12-16)32-23(35)15-33-8-10-34(11-9-33)27(36)25-24(30)19-7-5-17(29)13-22(19)37-25/h5,7,13,16H,4,6,8-12,15H2,1-3H3,(H,32,35). The van der Waals surface area contributed by atoms with Gasteiger partial charge in [0.2, 0.25) is 5.91 Å². The Morgan fingerprint density at radius 3 is 2.58 bits per heavy atom. The molecule has 1 aliphatic carbocycles. The van der Waals surface area contributed by atoms with Crippen LogP contribution in [-0.2, 0) is 17.6 Å². The molecule has 1 N–H and O–H groups in total. The molecule has 0 saturated carbocycles. The van der Waals surface area contributed by atoms with Crippen LogP contribution in [0, 0.1) is 22.7 Å². The van der Waals surface area contributed by atoms with Crippen LogP contribution in [0.25, 0.3) is 10.1 Å². The second-order valence-electron chi connectivity index (χ2n) is 11.1. The maximum atomic E-state index is 13.2. The Morgan fingerprint density at radius 1 is 1.16 bits per heavy atom. The van der Waals surface area contributed by atoms with Gasteiger partial charge in [-0.3, -0.25) is 14.5 Å². The van der Waals surface area contributed by atoms with Crippen LogP contribution < -0.4 is 5.32 Å². The van der Waals surface area contributed by atoms with E-state index in [1.807, 2.05) is 17.0 Å². The lowest BCUT2D eigenvalue weighted by Crippen LogP contribution is -2.50. The summed E-state index contributed by atoms with van der Waals surface area (Å²) in [6.07, 6.45) is 2.92. The number of hydrogen-bond acceptors (Lipinski definition) is 6. The number of carbonyl (C=O) groups excluding carboxylic acids is 2. The SMILES string of the molecule is CC(C)(C)C1CCc2c(sc(NC(=O)CN3CCN(C(=O)c4sc5cc(Cl)ccc5c4Cl)CC3)c2C#N)C1. The van der Waals surface area contributed by atoms with Gasteiger partial charge in [-0.25, -0.2) is 0 Å². The van der Waals surface area contributed by atoms with Crippen molar-refractivity contribution in [2.75, 3.05) is 38.0 Å². The van der Waals surface area contributed by atoms with Crippen molar-refractivity contribution in [1.29, 1.82) is 5.26 Å². The first-order chi connectivity index (χ1) is 18.0. The highest BCUT2D eigenvalue weighted by molar-refractivity contribution is 7.21. The molecule has 3 heterocycles. The summed E-state index contributed by atoms with van der Waals surface area (Å²) in [5.41, 5.74) is 1.96. The molecule has 0 bridgehead atoms. The normalized spacial score (nSPS) is 18.3. The minimum absolute atomic E-state index is 0.0900. The molecule has 5 rings (SSSR count). The van der Waals surface area contributed by atoms with Gasteiger partial charge in [0.15, 0.2) is 0 Å². The summed E-state index contributed by atoms with van der Waals surface area (Å²) < 4.78 is 0.891. The first-order valence-corrected chi connectivity index (χ1v) is 15.2. The number of nitriles is 1. The molecule has 2 aliphatic rings. The second kappa shape index (κ2) is 10.8. The Morgan fingerprint density at radius 2 is 1.89 bits per heavy atom. The molecular formula is C28H30Cl2N4O2S2. The monoisotopic (exact) mass is 588 g/mol. The first-order valence-electron chi connectivity index (χ1n) is 12.8. The smallest absolute Gasteiger partial charge is 0.265 e. The van der Waals surface area contributed by atoms with Crippen molar-refractivity contribution in [3.8, 4) is 6.07 Å². The average molecular weight is 590 g/mol. The number of anilines is 1. The first kappa shape index (κ1) is 27.4. The van der Waals surface area contributed by atoms with E-state index in [1.165, 1.54) is 16.2 Å². The third-order valence-corrected chi connectivity index (χ3v) is 10.7. The van der Waals surface area contributed by atoms with Crippen LogP contribution in [-0.4, -0.2) is 54.3 Å². The molecule has 6 nitrogen and oxygen atoms in total. The lowest BCUT2D eigenvalue weighted by atomic mass is 9.72. The number of nitrogens with one attached hydrogen (secondary N) is 1. The van der Waals surface area contributed by atoms with Crippen LogP contribution in [0.3, 0.4) is 0 Å². The average Bonchev–Trinajstić information content (AvgIpc) is 3.38. The number of amides is 2. The quantitative estimate of drug-likeness (QED) is 0.368. The lowest BCUT2D eigenvalue weighted by molar-refractivity contribution is -0.117.